The van der Waals surface area contributed by atoms with E-state index in [4.69, 9.17) is 4.74 Å². The van der Waals surface area contributed by atoms with Crippen LogP contribution in [0.25, 0.3) is 0 Å². The second-order valence-electron chi connectivity index (χ2n) is 5.05. The summed E-state index contributed by atoms with van der Waals surface area (Å²) < 4.78 is 5.61. The third-order valence-electron chi connectivity index (χ3n) is 3.72. The molecule has 0 spiro atoms. The van der Waals surface area contributed by atoms with Gasteiger partial charge in [-0.25, -0.2) is 0 Å². The lowest BCUT2D eigenvalue weighted by atomic mass is 9.83. The SMILES string of the molecule is c1cc(C2CCC2)nnc1NCC1CNCCO1. The Labute approximate surface area is 107 Å². The Hall–Kier alpha value is -1.20. The number of ether oxygens (including phenoxy) is 1. The first-order chi connectivity index (χ1) is 8.92. The molecule has 1 saturated carbocycles. The maximum absolute atomic E-state index is 5.61. The summed E-state index contributed by atoms with van der Waals surface area (Å²) >= 11 is 0. The molecule has 3 rings (SSSR count). The minimum absolute atomic E-state index is 0.229. The molecule has 1 atom stereocenters. The summed E-state index contributed by atoms with van der Waals surface area (Å²) in [5.41, 5.74) is 1.14. The molecule has 1 aliphatic carbocycles. The first kappa shape index (κ1) is 11.9. The van der Waals surface area contributed by atoms with Crippen LogP contribution in [0.2, 0.25) is 0 Å². The summed E-state index contributed by atoms with van der Waals surface area (Å²) in [6, 6.07) is 4.12. The fraction of sp³-hybridized carbons (Fsp3) is 0.692. The van der Waals surface area contributed by atoms with Gasteiger partial charge in [0.15, 0.2) is 0 Å². The third kappa shape index (κ3) is 2.79. The van der Waals surface area contributed by atoms with E-state index in [0.29, 0.717) is 5.92 Å². The molecule has 1 saturated heterocycles. The van der Waals surface area contributed by atoms with Gasteiger partial charge in [0.1, 0.15) is 5.82 Å². The lowest BCUT2D eigenvalue weighted by Gasteiger charge is -2.25. The van der Waals surface area contributed by atoms with E-state index in [9.17, 15) is 0 Å². The molecule has 0 radical (unpaired) electrons. The summed E-state index contributed by atoms with van der Waals surface area (Å²) in [6.07, 6.45) is 4.09. The van der Waals surface area contributed by atoms with Crippen molar-refractivity contribution in [3.8, 4) is 0 Å². The van der Waals surface area contributed by atoms with Gasteiger partial charge in [0.2, 0.25) is 0 Å². The molecule has 2 heterocycles. The Morgan fingerprint density at radius 1 is 1.33 bits per heavy atom. The molecular weight excluding hydrogens is 228 g/mol. The van der Waals surface area contributed by atoms with Crippen molar-refractivity contribution in [2.75, 3.05) is 31.6 Å². The van der Waals surface area contributed by atoms with Crippen LogP contribution in [-0.2, 0) is 4.74 Å². The zero-order chi connectivity index (χ0) is 12.2. The Morgan fingerprint density at radius 2 is 2.28 bits per heavy atom. The molecule has 1 aromatic heterocycles. The van der Waals surface area contributed by atoms with Gasteiger partial charge in [0.25, 0.3) is 0 Å². The second-order valence-corrected chi connectivity index (χ2v) is 5.05. The van der Waals surface area contributed by atoms with E-state index in [-0.39, 0.29) is 6.10 Å². The van der Waals surface area contributed by atoms with Crippen molar-refractivity contribution in [1.29, 1.82) is 0 Å². The first-order valence-electron chi connectivity index (χ1n) is 6.81. The van der Waals surface area contributed by atoms with Gasteiger partial charge >= 0.3 is 0 Å². The molecule has 98 valence electrons. The predicted octanol–water partition coefficient (Wildman–Crippen LogP) is 1.14. The largest absolute Gasteiger partial charge is 0.374 e. The van der Waals surface area contributed by atoms with Crippen LogP contribution in [0.3, 0.4) is 0 Å². The van der Waals surface area contributed by atoms with E-state index in [2.05, 4.69) is 26.9 Å². The van der Waals surface area contributed by atoms with Crippen molar-refractivity contribution in [3.63, 3.8) is 0 Å². The van der Waals surface area contributed by atoms with Gasteiger partial charge in [-0.2, -0.15) is 5.10 Å². The molecular formula is C13H20N4O. The highest BCUT2D eigenvalue weighted by Crippen LogP contribution is 2.34. The Morgan fingerprint density at radius 3 is 2.89 bits per heavy atom. The van der Waals surface area contributed by atoms with E-state index in [1.165, 1.54) is 19.3 Å². The van der Waals surface area contributed by atoms with Gasteiger partial charge in [0, 0.05) is 25.6 Å². The van der Waals surface area contributed by atoms with E-state index < -0.39 is 0 Å². The molecule has 5 nitrogen and oxygen atoms in total. The van der Waals surface area contributed by atoms with E-state index in [1.54, 1.807) is 0 Å². The normalized spacial score (nSPS) is 24.6. The second kappa shape index (κ2) is 5.63. The maximum atomic E-state index is 5.61. The quantitative estimate of drug-likeness (QED) is 0.837. The topological polar surface area (TPSA) is 59.1 Å². The number of nitrogens with zero attached hydrogens (tertiary/aromatic N) is 2. The summed E-state index contributed by atoms with van der Waals surface area (Å²) in [7, 11) is 0. The molecule has 1 unspecified atom stereocenters. The highest BCUT2D eigenvalue weighted by atomic mass is 16.5. The van der Waals surface area contributed by atoms with Crippen LogP contribution in [-0.4, -0.2) is 42.5 Å². The van der Waals surface area contributed by atoms with Crippen LogP contribution in [0, 0.1) is 0 Å². The van der Waals surface area contributed by atoms with Crippen LogP contribution >= 0.6 is 0 Å². The van der Waals surface area contributed by atoms with Crippen molar-refractivity contribution in [2.24, 2.45) is 0 Å². The van der Waals surface area contributed by atoms with E-state index in [0.717, 1.165) is 37.8 Å². The molecule has 0 aromatic carbocycles. The fourth-order valence-corrected chi connectivity index (χ4v) is 2.33. The third-order valence-corrected chi connectivity index (χ3v) is 3.72. The molecule has 0 bridgehead atoms. The highest BCUT2D eigenvalue weighted by molar-refractivity contribution is 5.33. The smallest absolute Gasteiger partial charge is 0.148 e. The Balaban J connectivity index is 1.49. The molecule has 1 aromatic rings. The monoisotopic (exact) mass is 248 g/mol. The van der Waals surface area contributed by atoms with Crippen molar-refractivity contribution >= 4 is 5.82 Å². The molecule has 0 amide bonds. The van der Waals surface area contributed by atoms with Crippen LogP contribution in [0.15, 0.2) is 12.1 Å². The number of hydrogen-bond donors (Lipinski definition) is 2. The lowest BCUT2D eigenvalue weighted by Crippen LogP contribution is -2.42. The standard InChI is InChI=1S/C13H20N4O/c1-2-10(3-1)12-4-5-13(17-16-12)15-9-11-8-14-6-7-18-11/h4-5,10-11,14H,1-3,6-9H2,(H,15,17). The number of nitrogens with one attached hydrogen (secondary N) is 2. The van der Waals surface area contributed by atoms with Gasteiger partial charge < -0.3 is 15.4 Å². The van der Waals surface area contributed by atoms with Gasteiger partial charge in [-0.3, -0.25) is 0 Å². The van der Waals surface area contributed by atoms with Crippen molar-refractivity contribution in [1.82, 2.24) is 15.5 Å². The minimum atomic E-state index is 0.229. The number of anilines is 1. The molecule has 2 fully saturated rings. The average Bonchev–Trinajstić information content (AvgIpc) is 2.37. The number of aromatic nitrogens is 2. The van der Waals surface area contributed by atoms with Crippen molar-refractivity contribution in [3.05, 3.63) is 17.8 Å². The van der Waals surface area contributed by atoms with Crippen LogP contribution in [0.1, 0.15) is 30.9 Å². The molecule has 2 N–H and O–H groups in total. The maximum Gasteiger partial charge on any atom is 0.148 e. The van der Waals surface area contributed by atoms with Gasteiger partial charge in [0.05, 0.1) is 18.4 Å². The molecule has 2 aliphatic rings. The first-order valence-corrected chi connectivity index (χ1v) is 6.81. The number of hydrogen-bond acceptors (Lipinski definition) is 5. The fourth-order valence-electron chi connectivity index (χ4n) is 2.33. The van der Waals surface area contributed by atoms with Gasteiger partial charge in [-0.1, -0.05) is 6.42 Å². The average molecular weight is 248 g/mol. The molecule has 5 heteroatoms. The predicted molar refractivity (Wildman–Crippen MR) is 69.7 cm³/mol. The summed E-state index contributed by atoms with van der Waals surface area (Å²) in [6.45, 7) is 3.43. The van der Waals surface area contributed by atoms with Gasteiger partial charge in [-0.15, -0.1) is 5.10 Å². The zero-order valence-electron chi connectivity index (χ0n) is 10.6. The van der Waals surface area contributed by atoms with Crippen LogP contribution in [0.4, 0.5) is 5.82 Å². The van der Waals surface area contributed by atoms with E-state index in [1.807, 2.05) is 6.07 Å². The van der Waals surface area contributed by atoms with Gasteiger partial charge in [-0.05, 0) is 25.0 Å². The van der Waals surface area contributed by atoms with Crippen molar-refractivity contribution in [2.45, 2.75) is 31.3 Å². The number of morpholine rings is 1. The van der Waals surface area contributed by atoms with E-state index >= 15 is 0 Å². The van der Waals surface area contributed by atoms with Crippen LogP contribution < -0.4 is 10.6 Å². The highest BCUT2D eigenvalue weighted by Gasteiger charge is 2.21. The zero-order valence-corrected chi connectivity index (χ0v) is 10.6. The molecule has 18 heavy (non-hydrogen) atoms. The summed E-state index contributed by atoms with van der Waals surface area (Å²) in [5.74, 6) is 1.49. The van der Waals surface area contributed by atoms with Crippen LogP contribution in [0.5, 0.6) is 0 Å². The Kier molecular flexibility index (Phi) is 3.71. The lowest BCUT2D eigenvalue weighted by molar-refractivity contribution is 0.0372. The minimum Gasteiger partial charge on any atom is -0.374 e. The Bertz CT molecular complexity index is 371. The number of rotatable bonds is 4. The van der Waals surface area contributed by atoms with Crippen molar-refractivity contribution < 1.29 is 4.74 Å². The summed E-state index contributed by atoms with van der Waals surface area (Å²) in [5, 5.41) is 15.1. The summed E-state index contributed by atoms with van der Waals surface area (Å²) in [4.78, 5) is 0. The molecule has 1 aliphatic heterocycles.